The van der Waals surface area contributed by atoms with Crippen LogP contribution in [0.3, 0.4) is 0 Å². The molecule has 2 aromatic rings. The lowest BCUT2D eigenvalue weighted by molar-refractivity contribution is -0.157. The maximum Gasteiger partial charge on any atom is 0.340 e. The zero-order valence-electron chi connectivity index (χ0n) is 11.9. The third-order valence-corrected chi connectivity index (χ3v) is 3.02. The molecule has 5 nitrogen and oxygen atoms in total. The second-order valence-electron chi connectivity index (χ2n) is 4.68. The molecule has 0 saturated heterocycles. The van der Waals surface area contributed by atoms with E-state index in [0.717, 1.165) is 5.56 Å². The molecule has 2 aromatic carbocycles. The van der Waals surface area contributed by atoms with Gasteiger partial charge in [-0.3, -0.25) is 4.79 Å². The zero-order chi connectivity index (χ0) is 15.8. The van der Waals surface area contributed by atoms with E-state index >= 15 is 0 Å². The van der Waals surface area contributed by atoms with E-state index in [1.807, 2.05) is 30.3 Å². The molecule has 2 N–H and O–H groups in total. The molecule has 0 spiro atoms. The highest BCUT2D eigenvalue weighted by Gasteiger charge is 2.19. The van der Waals surface area contributed by atoms with Crippen LogP contribution in [-0.4, -0.2) is 23.6 Å². The Kier molecular flexibility index (Phi) is 5.68. The van der Waals surface area contributed by atoms with E-state index in [2.05, 4.69) is 5.32 Å². The Labute approximate surface area is 128 Å². The molecule has 114 valence electrons. The van der Waals surface area contributed by atoms with Gasteiger partial charge < -0.3 is 15.2 Å². The van der Waals surface area contributed by atoms with Crippen LogP contribution in [-0.2, 0) is 20.9 Å². The highest BCUT2D eigenvalue weighted by atomic mass is 16.5. The summed E-state index contributed by atoms with van der Waals surface area (Å²) in [4.78, 5) is 23.3. The standard InChI is InChI=1S/C17H17NO4/c19-15(18-11-13-7-3-1-4-8-13)12-22-17(21)16(20)14-9-5-2-6-10-14/h1-10,16,20H,11-12H2,(H,18,19)/t16-/m1/s1. The minimum absolute atomic E-state index is 0.360. The van der Waals surface area contributed by atoms with Gasteiger partial charge in [0, 0.05) is 6.54 Å². The summed E-state index contributed by atoms with van der Waals surface area (Å²) in [6.45, 7) is -0.0615. The highest BCUT2D eigenvalue weighted by molar-refractivity contribution is 5.82. The maximum absolute atomic E-state index is 11.7. The lowest BCUT2D eigenvalue weighted by Crippen LogP contribution is -2.29. The highest BCUT2D eigenvalue weighted by Crippen LogP contribution is 2.13. The van der Waals surface area contributed by atoms with Gasteiger partial charge in [0.1, 0.15) is 0 Å². The molecule has 0 radical (unpaired) electrons. The number of carbonyl (C=O) groups is 2. The van der Waals surface area contributed by atoms with Crippen molar-refractivity contribution in [2.75, 3.05) is 6.61 Å². The number of hydrogen-bond donors (Lipinski definition) is 2. The Morgan fingerprint density at radius 2 is 1.59 bits per heavy atom. The number of nitrogens with one attached hydrogen (secondary N) is 1. The summed E-state index contributed by atoms with van der Waals surface area (Å²) in [5.41, 5.74) is 1.38. The number of benzene rings is 2. The number of esters is 1. The van der Waals surface area contributed by atoms with E-state index in [1.165, 1.54) is 0 Å². The van der Waals surface area contributed by atoms with Crippen LogP contribution in [0.1, 0.15) is 17.2 Å². The normalized spacial score (nSPS) is 11.5. The van der Waals surface area contributed by atoms with Crippen molar-refractivity contribution in [3.63, 3.8) is 0 Å². The van der Waals surface area contributed by atoms with Crippen LogP contribution >= 0.6 is 0 Å². The van der Waals surface area contributed by atoms with Crippen LogP contribution in [0, 0.1) is 0 Å². The lowest BCUT2D eigenvalue weighted by atomic mass is 10.1. The quantitative estimate of drug-likeness (QED) is 0.794. The number of rotatable bonds is 6. The van der Waals surface area contributed by atoms with Crippen molar-refractivity contribution < 1.29 is 19.4 Å². The molecule has 0 aliphatic heterocycles. The molecule has 22 heavy (non-hydrogen) atoms. The molecule has 0 fully saturated rings. The van der Waals surface area contributed by atoms with Gasteiger partial charge in [-0.1, -0.05) is 60.7 Å². The molecule has 5 heteroatoms. The smallest absolute Gasteiger partial charge is 0.340 e. The predicted octanol–water partition coefficient (Wildman–Crippen LogP) is 1.58. The fourth-order valence-electron chi connectivity index (χ4n) is 1.83. The third-order valence-electron chi connectivity index (χ3n) is 3.02. The SMILES string of the molecule is O=C(COC(=O)[C@H](O)c1ccccc1)NCc1ccccc1. The molecule has 1 amide bonds. The number of aliphatic hydroxyl groups is 1. The fourth-order valence-corrected chi connectivity index (χ4v) is 1.83. The lowest BCUT2D eigenvalue weighted by Gasteiger charge is -2.11. The number of hydrogen-bond acceptors (Lipinski definition) is 4. The van der Waals surface area contributed by atoms with Gasteiger partial charge in [-0.15, -0.1) is 0 Å². The van der Waals surface area contributed by atoms with Crippen LogP contribution in [0.2, 0.25) is 0 Å². The second-order valence-corrected chi connectivity index (χ2v) is 4.68. The van der Waals surface area contributed by atoms with Crippen molar-refractivity contribution in [3.8, 4) is 0 Å². The van der Waals surface area contributed by atoms with E-state index in [0.29, 0.717) is 12.1 Å². The van der Waals surface area contributed by atoms with Crippen molar-refractivity contribution in [3.05, 3.63) is 71.8 Å². The number of amides is 1. The van der Waals surface area contributed by atoms with Crippen molar-refractivity contribution in [1.29, 1.82) is 0 Å². The number of aliphatic hydroxyl groups excluding tert-OH is 1. The molecule has 2 rings (SSSR count). The number of ether oxygens (including phenoxy) is 1. The molecule has 0 aliphatic rings. The minimum Gasteiger partial charge on any atom is -0.453 e. The van der Waals surface area contributed by atoms with E-state index < -0.39 is 24.6 Å². The summed E-state index contributed by atoms with van der Waals surface area (Å²) in [5, 5.41) is 12.4. The van der Waals surface area contributed by atoms with Crippen LogP contribution < -0.4 is 5.32 Å². The van der Waals surface area contributed by atoms with Gasteiger partial charge in [0.05, 0.1) is 0 Å². The topological polar surface area (TPSA) is 75.6 Å². The average Bonchev–Trinajstić information content (AvgIpc) is 2.58. The summed E-state index contributed by atoms with van der Waals surface area (Å²) in [6.07, 6.45) is -1.39. The van der Waals surface area contributed by atoms with Crippen molar-refractivity contribution in [2.45, 2.75) is 12.6 Å². The molecule has 0 aromatic heterocycles. The molecule has 1 atom stereocenters. The van der Waals surface area contributed by atoms with Crippen LogP contribution in [0.5, 0.6) is 0 Å². The van der Waals surface area contributed by atoms with Gasteiger partial charge in [0.2, 0.25) is 0 Å². The Hall–Kier alpha value is -2.66. The van der Waals surface area contributed by atoms with Crippen LogP contribution in [0.4, 0.5) is 0 Å². The maximum atomic E-state index is 11.7. The molecule has 0 aliphatic carbocycles. The molecular formula is C17H17NO4. The van der Waals surface area contributed by atoms with E-state index in [4.69, 9.17) is 4.74 Å². The summed E-state index contributed by atoms with van der Waals surface area (Å²) < 4.78 is 4.81. The summed E-state index contributed by atoms with van der Waals surface area (Å²) in [7, 11) is 0. The van der Waals surface area contributed by atoms with Crippen LogP contribution in [0.25, 0.3) is 0 Å². The summed E-state index contributed by atoms with van der Waals surface area (Å²) >= 11 is 0. The fraction of sp³-hybridized carbons (Fsp3) is 0.176. The summed E-state index contributed by atoms with van der Waals surface area (Å²) in [6, 6.07) is 17.8. The Bertz CT molecular complexity index is 613. The van der Waals surface area contributed by atoms with Gasteiger partial charge in [-0.2, -0.15) is 0 Å². The molecular weight excluding hydrogens is 282 g/mol. The first-order chi connectivity index (χ1) is 10.7. The molecule has 0 bridgehead atoms. The van der Waals surface area contributed by atoms with Gasteiger partial charge in [-0.25, -0.2) is 4.79 Å². The zero-order valence-corrected chi connectivity index (χ0v) is 11.9. The van der Waals surface area contributed by atoms with E-state index in [9.17, 15) is 14.7 Å². The first-order valence-electron chi connectivity index (χ1n) is 6.87. The van der Waals surface area contributed by atoms with Gasteiger partial charge in [0.25, 0.3) is 5.91 Å². The predicted molar refractivity (Wildman–Crippen MR) is 80.6 cm³/mol. The Morgan fingerprint density at radius 1 is 1.00 bits per heavy atom. The van der Waals surface area contributed by atoms with Crippen molar-refractivity contribution >= 4 is 11.9 Å². The minimum atomic E-state index is -1.39. The largest absolute Gasteiger partial charge is 0.453 e. The van der Waals surface area contributed by atoms with Crippen molar-refractivity contribution in [2.24, 2.45) is 0 Å². The van der Waals surface area contributed by atoms with Crippen LogP contribution in [0.15, 0.2) is 60.7 Å². The third kappa shape index (κ3) is 4.71. The first kappa shape index (κ1) is 15.7. The molecule has 0 unspecified atom stereocenters. The monoisotopic (exact) mass is 299 g/mol. The van der Waals surface area contributed by atoms with E-state index in [-0.39, 0.29) is 0 Å². The van der Waals surface area contributed by atoms with Gasteiger partial charge >= 0.3 is 5.97 Å². The number of carbonyl (C=O) groups excluding carboxylic acids is 2. The first-order valence-corrected chi connectivity index (χ1v) is 6.87. The van der Waals surface area contributed by atoms with Gasteiger partial charge in [-0.05, 0) is 11.1 Å². The summed E-state index contributed by atoms with van der Waals surface area (Å²) in [5.74, 6) is -1.27. The molecule has 0 heterocycles. The Morgan fingerprint density at radius 3 is 2.23 bits per heavy atom. The van der Waals surface area contributed by atoms with Gasteiger partial charge in [0.15, 0.2) is 12.7 Å². The molecule has 0 saturated carbocycles. The van der Waals surface area contributed by atoms with E-state index in [1.54, 1.807) is 30.3 Å². The second kappa shape index (κ2) is 7.95. The van der Waals surface area contributed by atoms with Crippen molar-refractivity contribution in [1.82, 2.24) is 5.32 Å². The average molecular weight is 299 g/mol. The Balaban J connectivity index is 1.75.